The molecule has 1 aliphatic carbocycles. The van der Waals surface area contributed by atoms with Crippen LogP contribution >= 0.6 is 0 Å². The first-order valence-electron chi connectivity index (χ1n) is 13.5. The summed E-state index contributed by atoms with van der Waals surface area (Å²) >= 11 is 0. The van der Waals surface area contributed by atoms with E-state index in [0.717, 1.165) is 32.1 Å². The summed E-state index contributed by atoms with van der Waals surface area (Å²) in [4.78, 5) is 54.0. The molecular formula is C30H37N3O4. The molecule has 4 rings (SSSR count). The summed E-state index contributed by atoms with van der Waals surface area (Å²) in [6, 6.07) is 15.5. The first-order chi connectivity index (χ1) is 17.9. The summed E-state index contributed by atoms with van der Waals surface area (Å²) in [5.74, 6) is -1.59. The van der Waals surface area contributed by atoms with E-state index in [1.165, 1.54) is 0 Å². The van der Waals surface area contributed by atoms with Crippen LogP contribution in [0.2, 0.25) is 0 Å². The molecule has 1 aliphatic heterocycles. The SMILES string of the molecule is CCC[C@H](C(N)=O)[C@@H](CC1CC1)C(=O)N[C@H]1CCCCN(c2cccc(C(=O)c3ccccc3)c2)C1=O. The van der Waals surface area contributed by atoms with Gasteiger partial charge >= 0.3 is 0 Å². The number of carbonyl (C=O) groups excluding carboxylic acids is 4. The summed E-state index contributed by atoms with van der Waals surface area (Å²) in [6.45, 7) is 2.49. The number of benzene rings is 2. The molecule has 3 N–H and O–H groups in total. The molecule has 1 saturated carbocycles. The number of anilines is 1. The van der Waals surface area contributed by atoms with Crippen molar-refractivity contribution in [2.75, 3.05) is 11.4 Å². The lowest BCUT2D eigenvalue weighted by molar-refractivity contribution is -0.136. The van der Waals surface area contributed by atoms with E-state index in [4.69, 9.17) is 5.73 Å². The fourth-order valence-corrected chi connectivity index (χ4v) is 5.30. The summed E-state index contributed by atoms with van der Waals surface area (Å²) < 4.78 is 0. The van der Waals surface area contributed by atoms with E-state index in [9.17, 15) is 19.2 Å². The quantitative estimate of drug-likeness (QED) is 0.447. The second-order valence-electron chi connectivity index (χ2n) is 10.4. The van der Waals surface area contributed by atoms with Gasteiger partial charge in [-0.25, -0.2) is 0 Å². The van der Waals surface area contributed by atoms with E-state index >= 15 is 0 Å². The van der Waals surface area contributed by atoms with Gasteiger partial charge in [-0.05, 0) is 50.2 Å². The summed E-state index contributed by atoms with van der Waals surface area (Å²) in [5, 5.41) is 2.99. The van der Waals surface area contributed by atoms with Gasteiger partial charge in [0.1, 0.15) is 6.04 Å². The Bertz CT molecular complexity index is 1130. The Balaban J connectivity index is 1.52. The second-order valence-corrected chi connectivity index (χ2v) is 10.4. The van der Waals surface area contributed by atoms with Crippen molar-refractivity contribution in [2.45, 2.75) is 64.3 Å². The van der Waals surface area contributed by atoms with E-state index in [-0.39, 0.29) is 17.6 Å². The molecule has 0 bridgehead atoms. The van der Waals surface area contributed by atoms with Crippen molar-refractivity contribution in [1.29, 1.82) is 0 Å². The number of ketones is 1. The van der Waals surface area contributed by atoms with Crippen LogP contribution in [-0.2, 0) is 14.4 Å². The first kappa shape index (κ1) is 26.6. The number of nitrogens with one attached hydrogen (secondary N) is 1. The predicted octanol–water partition coefficient (Wildman–Crippen LogP) is 4.24. The number of hydrogen-bond donors (Lipinski definition) is 2. The fourth-order valence-electron chi connectivity index (χ4n) is 5.30. The Kier molecular flexibility index (Phi) is 8.74. The lowest BCUT2D eigenvalue weighted by Gasteiger charge is -2.28. The monoisotopic (exact) mass is 503 g/mol. The van der Waals surface area contributed by atoms with Gasteiger partial charge < -0.3 is 16.0 Å². The number of nitrogens with zero attached hydrogens (tertiary/aromatic N) is 1. The number of carbonyl (C=O) groups is 4. The maximum Gasteiger partial charge on any atom is 0.249 e. The van der Waals surface area contributed by atoms with Crippen LogP contribution in [0.4, 0.5) is 5.69 Å². The van der Waals surface area contributed by atoms with Crippen molar-refractivity contribution >= 4 is 29.2 Å². The minimum atomic E-state index is -0.680. The zero-order chi connectivity index (χ0) is 26.4. The van der Waals surface area contributed by atoms with Crippen LogP contribution in [-0.4, -0.2) is 36.1 Å². The van der Waals surface area contributed by atoms with Crippen LogP contribution in [0.5, 0.6) is 0 Å². The van der Waals surface area contributed by atoms with Gasteiger partial charge in [-0.3, -0.25) is 19.2 Å². The van der Waals surface area contributed by atoms with Crippen molar-refractivity contribution in [2.24, 2.45) is 23.5 Å². The Morgan fingerprint density at radius 2 is 1.70 bits per heavy atom. The molecule has 2 fully saturated rings. The van der Waals surface area contributed by atoms with Crippen LogP contribution in [0, 0.1) is 17.8 Å². The van der Waals surface area contributed by atoms with Crippen LogP contribution in [0.25, 0.3) is 0 Å². The third-order valence-corrected chi connectivity index (χ3v) is 7.53. The topological polar surface area (TPSA) is 110 Å². The Labute approximate surface area is 218 Å². The molecule has 2 aromatic rings. The minimum absolute atomic E-state index is 0.106. The highest BCUT2D eigenvalue weighted by Crippen LogP contribution is 2.38. The summed E-state index contributed by atoms with van der Waals surface area (Å²) in [5.41, 5.74) is 7.44. The second kappa shape index (κ2) is 12.2. The molecule has 0 unspecified atom stereocenters. The molecule has 0 aromatic heterocycles. The maximum absolute atomic E-state index is 13.7. The smallest absolute Gasteiger partial charge is 0.249 e. The molecule has 7 heteroatoms. The molecule has 7 nitrogen and oxygen atoms in total. The summed E-state index contributed by atoms with van der Waals surface area (Å²) in [6.07, 6.45) is 6.20. The van der Waals surface area contributed by atoms with Crippen LogP contribution in [0.15, 0.2) is 54.6 Å². The molecule has 3 amide bonds. The van der Waals surface area contributed by atoms with Crippen molar-refractivity contribution in [1.82, 2.24) is 5.32 Å². The zero-order valence-corrected chi connectivity index (χ0v) is 21.5. The lowest BCUT2D eigenvalue weighted by Crippen LogP contribution is -2.51. The fraction of sp³-hybridized carbons (Fsp3) is 0.467. The van der Waals surface area contributed by atoms with Crippen LogP contribution < -0.4 is 16.0 Å². The van der Waals surface area contributed by atoms with E-state index in [2.05, 4.69) is 5.32 Å². The molecule has 2 aromatic carbocycles. The molecule has 3 atom stereocenters. The van der Waals surface area contributed by atoms with E-state index in [1.54, 1.807) is 35.2 Å². The van der Waals surface area contributed by atoms with Crippen molar-refractivity contribution in [3.05, 3.63) is 65.7 Å². The average molecular weight is 504 g/mol. The van der Waals surface area contributed by atoms with Crippen LogP contribution in [0.1, 0.15) is 74.2 Å². The van der Waals surface area contributed by atoms with E-state index < -0.39 is 23.8 Å². The van der Waals surface area contributed by atoms with Gasteiger partial charge in [-0.15, -0.1) is 0 Å². The van der Waals surface area contributed by atoms with Gasteiger partial charge in [0, 0.05) is 35.2 Å². The minimum Gasteiger partial charge on any atom is -0.369 e. The lowest BCUT2D eigenvalue weighted by atomic mass is 9.83. The number of primary amides is 1. The number of amides is 3. The van der Waals surface area contributed by atoms with E-state index in [1.807, 2.05) is 31.2 Å². The van der Waals surface area contributed by atoms with Gasteiger partial charge in [-0.2, -0.15) is 0 Å². The largest absolute Gasteiger partial charge is 0.369 e. The molecule has 2 aliphatic rings. The Morgan fingerprint density at radius 3 is 2.38 bits per heavy atom. The van der Waals surface area contributed by atoms with Crippen LogP contribution in [0.3, 0.4) is 0 Å². The number of rotatable bonds is 11. The van der Waals surface area contributed by atoms with E-state index in [0.29, 0.717) is 48.5 Å². The summed E-state index contributed by atoms with van der Waals surface area (Å²) in [7, 11) is 0. The number of nitrogens with two attached hydrogens (primary N) is 1. The van der Waals surface area contributed by atoms with Gasteiger partial charge in [0.2, 0.25) is 17.7 Å². The normalized spacial score (nSPS) is 19.5. The Hall–Kier alpha value is -3.48. The third-order valence-electron chi connectivity index (χ3n) is 7.53. The highest BCUT2D eigenvalue weighted by atomic mass is 16.2. The molecule has 196 valence electrons. The van der Waals surface area contributed by atoms with Gasteiger partial charge in [0.15, 0.2) is 5.78 Å². The zero-order valence-electron chi connectivity index (χ0n) is 21.5. The highest BCUT2D eigenvalue weighted by Gasteiger charge is 2.39. The molecule has 0 radical (unpaired) electrons. The molecule has 1 heterocycles. The maximum atomic E-state index is 13.7. The highest BCUT2D eigenvalue weighted by molar-refractivity contribution is 6.10. The predicted molar refractivity (Wildman–Crippen MR) is 143 cm³/mol. The van der Waals surface area contributed by atoms with Gasteiger partial charge in [-0.1, -0.05) is 68.7 Å². The molecule has 1 saturated heterocycles. The van der Waals surface area contributed by atoms with Crippen molar-refractivity contribution in [3.63, 3.8) is 0 Å². The molecule has 37 heavy (non-hydrogen) atoms. The number of hydrogen-bond acceptors (Lipinski definition) is 4. The van der Waals surface area contributed by atoms with Gasteiger partial charge in [0.25, 0.3) is 0 Å². The Morgan fingerprint density at radius 1 is 0.973 bits per heavy atom. The standard InChI is InChI=1S/C30H37N3O4/c1-2-9-24(28(31)35)25(18-20-15-16-20)29(36)32-26-14-6-7-17-33(30(26)37)23-13-8-12-22(19-23)27(34)21-10-4-3-5-11-21/h3-5,8,10-13,19-20,24-26H,2,6-7,9,14-18H2,1H3,(H2,31,35)(H,32,36)/t24-,25+,26-/m0/s1. The first-order valence-corrected chi connectivity index (χ1v) is 13.5. The van der Waals surface area contributed by atoms with Crippen molar-refractivity contribution in [3.8, 4) is 0 Å². The average Bonchev–Trinajstić information content (AvgIpc) is 3.75. The van der Waals surface area contributed by atoms with Crippen molar-refractivity contribution < 1.29 is 19.2 Å². The third kappa shape index (κ3) is 6.64. The molecular weight excluding hydrogens is 466 g/mol. The van der Waals surface area contributed by atoms with Gasteiger partial charge in [0.05, 0.1) is 0 Å². The molecule has 0 spiro atoms.